The summed E-state index contributed by atoms with van der Waals surface area (Å²) in [6, 6.07) is 10.2. The lowest BCUT2D eigenvalue weighted by atomic mass is 10.1. The number of carbonyl (C=O) groups excluding carboxylic acids is 1. The molecule has 104 valence electrons. The number of nitrogens with zero attached hydrogens (tertiary/aromatic N) is 2. The minimum absolute atomic E-state index is 0.0206. The van der Waals surface area contributed by atoms with E-state index in [1.165, 1.54) is 12.8 Å². The molecule has 0 unspecified atom stereocenters. The van der Waals surface area contributed by atoms with E-state index < -0.39 is 0 Å². The maximum atomic E-state index is 12.3. The first-order valence-electron chi connectivity index (χ1n) is 7.08. The van der Waals surface area contributed by atoms with Crippen LogP contribution in [-0.4, -0.2) is 42.0 Å². The molecule has 1 amide bonds. The normalized spacial score (nSPS) is 14.7. The number of benzene rings is 1. The molecule has 0 saturated heterocycles. The van der Waals surface area contributed by atoms with Gasteiger partial charge >= 0.3 is 0 Å². The zero-order chi connectivity index (χ0) is 13.9. The second kappa shape index (κ2) is 5.59. The van der Waals surface area contributed by atoms with Crippen LogP contribution < -0.4 is 5.32 Å². The number of carbonyl (C=O) groups is 1. The summed E-state index contributed by atoms with van der Waals surface area (Å²) in [5.41, 5.74) is 1.56. The third-order valence-corrected chi connectivity index (χ3v) is 3.81. The Morgan fingerprint density at radius 3 is 3.00 bits per heavy atom. The molecule has 1 aromatic carbocycles. The maximum absolute atomic E-state index is 12.3. The van der Waals surface area contributed by atoms with Crippen molar-refractivity contribution in [3.05, 3.63) is 42.1 Å². The summed E-state index contributed by atoms with van der Waals surface area (Å²) < 4.78 is 0. The Labute approximate surface area is 118 Å². The number of aromatic nitrogens is 1. The molecule has 1 N–H and O–H groups in total. The summed E-state index contributed by atoms with van der Waals surface area (Å²) in [6.45, 7) is 1.59. The van der Waals surface area contributed by atoms with Crippen molar-refractivity contribution in [2.45, 2.75) is 18.9 Å². The van der Waals surface area contributed by atoms with Crippen LogP contribution in [0, 0.1) is 0 Å². The molecule has 0 radical (unpaired) electrons. The van der Waals surface area contributed by atoms with Gasteiger partial charge in [0.1, 0.15) is 0 Å². The van der Waals surface area contributed by atoms with E-state index in [0.29, 0.717) is 12.1 Å². The van der Waals surface area contributed by atoms with Crippen molar-refractivity contribution < 1.29 is 4.79 Å². The highest BCUT2D eigenvalue weighted by Gasteiger charge is 2.25. The fourth-order valence-corrected chi connectivity index (χ4v) is 2.44. The molecule has 1 aliphatic carbocycles. The molecule has 1 aromatic heterocycles. The molecule has 20 heavy (non-hydrogen) atoms. The van der Waals surface area contributed by atoms with E-state index >= 15 is 0 Å². The van der Waals surface area contributed by atoms with Crippen LogP contribution in [0.2, 0.25) is 0 Å². The predicted octanol–water partition coefficient (Wildman–Crippen LogP) is 2.06. The van der Waals surface area contributed by atoms with Crippen molar-refractivity contribution >= 4 is 16.8 Å². The minimum atomic E-state index is -0.0206. The molecule has 0 bridgehead atoms. The Morgan fingerprint density at radius 2 is 2.20 bits per heavy atom. The van der Waals surface area contributed by atoms with Crippen molar-refractivity contribution in [3.8, 4) is 0 Å². The van der Waals surface area contributed by atoms with Gasteiger partial charge < -0.3 is 10.2 Å². The molecule has 1 heterocycles. The lowest BCUT2D eigenvalue weighted by Gasteiger charge is -2.16. The summed E-state index contributed by atoms with van der Waals surface area (Å²) in [4.78, 5) is 18.9. The Hall–Kier alpha value is -1.94. The zero-order valence-corrected chi connectivity index (χ0v) is 11.7. The topological polar surface area (TPSA) is 45.2 Å². The molecule has 1 aliphatic rings. The third-order valence-electron chi connectivity index (χ3n) is 3.81. The van der Waals surface area contributed by atoms with Crippen LogP contribution in [0.15, 0.2) is 36.5 Å². The first-order valence-corrected chi connectivity index (χ1v) is 7.08. The van der Waals surface area contributed by atoms with E-state index in [9.17, 15) is 4.79 Å². The number of amides is 1. The fourth-order valence-electron chi connectivity index (χ4n) is 2.44. The van der Waals surface area contributed by atoms with E-state index in [4.69, 9.17) is 0 Å². The van der Waals surface area contributed by atoms with Gasteiger partial charge in [-0.15, -0.1) is 0 Å². The molecule has 0 atom stereocenters. The van der Waals surface area contributed by atoms with E-state index in [-0.39, 0.29) is 5.91 Å². The SMILES string of the molecule is CN(CCNC(=O)c1cccc2ncccc12)C1CC1. The lowest BCUT2D eigenvalue weighted by Crippen LogP contribution is -2.34. The van der Waals surface area contributed by atoms with Gasteiger partial charge in [0, 0.05) is 36.3 Å². The number of rotatable bonds is 5. The fraction of sp³-hybridized carbons (Fsp3) is 0.375. The average molecular weight is 269 g/mol. The number of nitrogens with one attached hydrogen (secondary N) is 1. The average Bonchev–Trinajstić information content (AvgIpc) is 3.31. The number of hydrogen-bond donors (Lipinski definition) is 1. The number of likely N-dealkylation sites (N-methyl/N-ethyl adjacent to an activating group) is 1. The molecule has 4 heteroatoms. The monoisotopic (exact) mass is 269 g/mol. The largest absolute Gasteiger partial charge is 0.351 e. The highest BCUT2D eigenvalue weighted by molar-refractivity contribution is 6.06. The highest BCUT2D eigenvalue weighted by Crippen LogP contribution is 2.24. The second-order valence-electron chi connectivity index (χ2n) is 5.34. The van der Waals surface area contributed by atoms with Crippen LogP contribution in [0.3, 0.4) is 0 Å². The third kappa shape index (κ3) is 2.80. The van der Waals surface area contributed by atoms with Crippen molar-refractivity contribution in [3.63, 3.8) is 0 Å². The molecular weight excluding hydrogens is 250 g/mol. The van der Waals surface area contributed by atoms with Gasteiger partial charge in [-0.2, -0.15) is 0 Å². The Bertz CT molecular complexity index is 617. The van der Waals surface area contributed by atoms with Crippen LogP contribution in [0.4, 0.5) is 0 Å². The molecule has 0 aliphatic heterocycles. The minimum Gasteiger partial charge on any atom is -0.351 e. The molecular formula is C16H19N3O. The van der Waals surface area contributed by atoms with Gasteiger partial charge in [0.05, 0.1) is 5.52 Å². The number of fused-ring (bicyclic) bond motifs is 1. The first-order chi connectivity index (χ1) is 9.75. The van der Waals surface area contributed by atoms with E-state index in [0.717, 1.165) is 23.5 Å². The van der Waals surface area contributed by atoms with Gasteiger partial charge in [0.25, 0.3) is 5.91 Å². The molecule has 3 rings (SSSR count). The van der Waals surface area contributed by atoms with Crippen molar-refractivity contribution in [2.24, 2.45) is 0 Å². The Balaban J connectivity index is 1.66. The van der Waals surface area contributed by atoms with Gasteiger partial charge in [0.2, 0.25) is 0 Å². The molecule has 0 spiro atoms. The molecule has 1 fully saturated rings. The lowest BCUT2D eigenvalue weighted by molar-refractivity contribution is 0.0951. The van der Waals surface area contributed by atoms with Gasteiger partial charge in [-0.3, -0.25) is 9.78 Å². The van der Waals surface area contributed by atoms with Gasteiger partial charge in [-0.25, -0.2) is 0 Å². The van der Waals surface area contributed by atoms with Gasteiger partial charge in [-0.1, -0.05) is 12.1 Å². The standard InChI is InChI=1S/C16H19N3O/c1-19(12-7-8-12)11-10-18-16(20)14-4-2-6-15-13(14)5-3-9-17-15/h2-6,9,12H,7-8,10-11H2,1H3,(H,18,20). The summed E-state index contributed by atoms with van der Waals surface area (Å²) >= 11 is 0. The molecule has 2 aromatic rings. The first kappa shape index (κ1) is 13.1. The summed E-state index contributed by atoms with van der Waals surface area (Å²) in [7, 11) is 2.12. The van der Waals surface area contributed by atoms with Crippen molar-refractivity contribution in [1.29, 1.82) is 0 Å². The zero-order valence-electron chi connectivity index (χ0n) is 11.7. The van der Waals surface area contributed by atoms with E-state index in [1.54, 1.807) is 6.20 Å². The van der Waals surface area contributed by atoms with Crippen LogP contribution in [0.5, 0.6) is 0 Å². The molecule has 1 saturated carbocycles. The Kier molecular flexibility index (Phi) is 3.65. The van der Waals surface area contributed by atoms with E-state index in [1.807, 2.05) is 30.3 Å². The van der Waals surface area contributed by atoms with Gasteiger partial charge in [0.15, 0.2) is 0 Å². The van der Waals surface area contributed by atoms with Crippen LogP contribution >= 0.6 is 0 Å². The van der Waals surface area contributed by atoms with Gasteiger partial charge in [-0.05, 0) is 38.1 Å². The van der Waals surface area contributed by atoms with E-state index in [2.05, 4.69) is 22.2 Å². The predicted molar refractivity (Wildman–Crippen MR) is 79.7 cm³/mol. The quantitative estimate of drug-likeness (QED) is 0.903. The van der Waals surface area contributed by atoms with Crippen molar-refractivity contribution in [2.75, 3.05) is 20.1 Å². The second-order valence-corrected chi connectivity index (χ2v) is 5.34. The highest BCUT2D eigenvalue weighted by atomic mass is 16.1. The smallest absolute Gasteiger partial charge is 0.252 e. The maximum Gasteiger partial charge on any atom is 0.252 e. The summed E-state index contributed by atoms with van der Waals surface area (Å²) in [5, 5.41) is 3.90. The number of pyridine rings is 1. The van der Waals surface area contributed by atoms with Crippen LogP contribution in [0.1, 0.15) is 23.2 Å². The number of hydrogen-bond acceptors (Lipinski definition) is 3. The molecule has 4 nitrogen and oxygen atoms in total. The summed E-state index contributed by atoms with van der Waals surface area (Å²) in [6.07, 6.45) is 4.33. The van der Waals surface area contributed by atoms with Crippen LogP contribution in [-0.2, 0) is 0 Å². The van der Waals surface area contributed by atoms with Crippen LogP contribution in [0.25, 0.3) is 10.9 Å². The Morgan fingerprint density at radius 1 is 1.35 bits per heavy atom. The van der Waals surface area contributed by atoms with Crippen molar-refractivity contribution in [1.82, 2.24) is 15.2 Å². The summed E-state index contributed by atoms with van der Waals surface area (Å²) in [5.74, 6) is -0.0206.